The zero-order valence-electron chi connectivity index (χ0n) is 14.8. The minimum atomic E-state index is -0.0848. The van der Waals surface area contributed by atoms with E-state index in [-0.39, 0.29) is 11.0 Å². The van der Waals surface area contributed by atoms with E-state index < -0.39 is 0 Å². The Bertz CT molecular complexity index is 557. The lowest BCUT2D eigenvalue weighted by molar-refractivity contribution is 0.367. The van der Waals surface area contributed by atoms with Gasteiger partial charge in [-0.1, -0.05) is 33.0 Å². The maximum atomic E-state index is 12.1. The van der Waals surface area contributed by atoms with E-state index in [0.29, 0.717) is 9.93 Å². The van der Waals surface area contributed by atoms with Gasteiger partial charge in [-0.15, -0.1) is 0 Å². The Balaban J connectivity index is 2.87. The summed E-state index contributed by atoms with van der Waals surface area (Å²) >= 11 is 5.27. The van der Waals surface area contributed by atoms with Crippen molar-refractivity contribution in [1.82, 2.24) is 0 Å². The van der Waals surface area contributed by atoms with E-state index in [1.54, 1.807) is 0 Å². The number of hydrogen-bond acceptors (Lipinski definition) is 4. The van der Waals surface area contributed by atoms with Crippen LogP contribution in [0, 0.1) is 9.93 Å². The average molecular weight is 311 g/mol. The van der Waals surface area contributed by atoms with Crippen LogP contribution in [0.1, 0.15) is 54.4 Å². The van der Waals surface area contributed by atoms with Crippen molar-refractivity contribution < 1.29 is 0 Å². The Kier molecular flexibility index (Phi) is 5.25. The van der Waals surface area contributed by atoms with Crippen LogP contribution in [0.3, 0.4) is 0 Å². The van der Waals surface area contributed by atoms with Crippen molar-refractivity contribution in [2.45, 2.75) is 59.9 Å². The van der Waals surface area contributed by atoms with E-state index in [1.165, 1.54) is 0 Å². The van der Waals surface area contributed by atoms with Crippen molar-refractivity contribution in [2.24, 2.45) is 5.41 Å². The molecule has 0 N–H and O–H groups in total. The van der Waals surface area contributed by atoms with Gasteiger partial charge < -0.3 is 9.80 Å². The van der Waals surface area contributed by atoms with Crippen molar-refractivity contribution >= 4 is 23.6 Å². The predicted octanol–water partition coefficient (Wildman–Crippen LogP) is 4.15. The molecule has 0 unspecified atom stereocenters. The van der Waals surface area contributed by atoms with Crippen molar-refractivity contribution in [3.8, 4) is 0 Å². The zero-order chi connectivity index (χ0) is 16.6. The van der Waals surface area contributed by atoms with Crippen LogP contribution in [-0.4, -0.2) is 26.2 Å². The Labute approximate surface area is 134 Å². The van der Waals surface area contributed by atoms with Crippen molar-refractivity contribution in [1.29, 1.82) is 0 Å². The van der Waals surface area contributed by atoms with Gasteiger partial charge in [-0.2, -0.15) is 0 Å². The van der Waals surface area contributed by atoms with Crippen LogP contribution >= 0.6 is 12.2 Å². The van der Waals surface area contributed by atoms with Gasteiger partial charge in [0.15, 0.2) is 0 Å². The van der Waals surface area contributed by atoms with Crippen LogP contribution in [0.25, 0.3) is 0 Å². The molecule has 0 aromatic heterocycles. The average Bonchev–Trinajstić information content (AvgIpc) is 2.30. The minimum Gasteiger partial charge on any atom is -0.372 e. The molecule has 1 aromatic carbocycles. The standard InChI is InChI=1S/C17H30N2OS/c1-16(2,3)10-9-11-18(7)13-12(14(20)15(13)21)19(8)17(4,5)6/h9-11H2,1-8H3. The third kappa shape index (κ3) is 4.29. The van der Waals surface area contributed by atoms with E-state index >= 15 is 0 Å². The van der Waals surface area contributed by atoms with Crippen LogP contribution in [0.5, 0.6) is 0 Å². The van der Waals surface area contributed by atoms with Crippen molar-refractivity contribution in [3.63, 3.8) is 0 Å². The second-order valence-corrected chi connectivity index (χ2v) is 8.58. The first-order valence-electron chi connectivity index (χ1n) is 7.64. The summed E-state index contributed by atoms with van der Waals surface area (Å²) in [6.07, 6.45) is 2.27. The molecule has 0 saturated heterocycles. The highest BCUT2D eigenvalue weighted by Crippen LogP contribution is 2.33. The summed E-state index contributed by atoms with van der Waals surface area (Å²) in [6.45, 7) is 14.0. The summed E-state index contributed by atoms with van der Waals surface area (Å²) < 4.78 is 0.486. The molecule has 21 heavy (non-hydrogen) atoms. The summed E-state index contributed by atoms with van der Waals surface area (Å²) in [4.78, 5) is 16.3. The Morgan fingerprint density at radius 2 is 1.52 bits per heavy atom. The van der Waals surface area contributed by atoms with Gasteiger partial charge in [0.2, 0.25) is 5.43 Å². The molecule has 0 fully saturated rings. The van der Waals surface area contributed by atoms with Crippen molar-refractivity contribution in [2.75, 3.05) is 30.4 Å². The Morgan fingerprint density at radius 1 is 1.00 bits per heavy atom. The molecular formula is C17H30N2OS. The normalized spacial score (nSPS) is 12.8. The van der Waals surface area contributed by atoms with E-state index in [9.17, 15) is 4.79 Å². The molecule has 3 nitrogen and oxygen atoms in total. The lowest BCUT2D eigenvalue weighted by atomic mass is 9.90. The molecule has 120 valence electrons. The van der Waals surface area contributed by atoms with E-state index in [4.69, 9.17) is 12.2 Å². The largest absolute Gasteiger partial charge is 0.372 e. The zero-order valence-corrected chi connectivity index (χ0v) is 15.6. The highest BCUT2D eigenvalue weighted by atomic mass is 32.1. The molecule has 0 radical (unpaired) electrons. The summed E-state index contributed by atoms with van der Waals surface area (Å²) in [7, 11) is 4.01. The van der Waals surface area contributed by atoms with Gasteiger partial charge in [0, 0.05) is 26.2 Å². The smallest absolute Gasteiger partial charge is 0.224 e. The van der Waals surface area contributed by atoms with Crippen molar-refractivity contribution in [3.05, 3.63) is 14.7 Å². The summed E-state index contributed by atoms with van der Waals surface area (Å²) in [6, 6.07) is 0. The molecule has 0 heterocycles. The third-order valence-corrected chi connectivity index (χ3v) is 4.38. The molecule has 0 aliphatic heterocycles. The Morgan fingerprint density at radius 3 is 1.95 bits per heavy atom. The Hall–Kier alpha value is -0.900. The second kappa shape index (κ2) is 6.07. The number of hydrogen-bond donors (Lipinski definition) is 0. The van der Waals surface area contributed by atoms with Crippen LogP contribution < -0.4 is 15.2 Å². The van der Waals surface area contributed by atoms with Gasteiger partial charge in [-0.05, 0) is 39.0 Å². The van der Waals surface area contributed by atoms with Crippen LogP contribution in [0.15, 0.2) is 4.79 Å². The van der Waals surface area contributed by atoms with Gasteiger partial charge in [0.05, 0.1) is 5.69 Å². The fourth-order valence-electron chi connectivity index (χ4n) is 2.33. The molecule has 1 aromatic rings. The van der Waals surface area contributed by atoms with Crippen LogP contribution in [-0.2, 0) is 0 Å². The lowest BCUT2D eigenvalue weighted by Crippen LogP contribution is -2.44. The number of anilines is 2. The van der Waals surface area contributed by atoms with Crippen LogP contribution in [0.2, 0.25) is 0 Å². The highest BCUT2D eigenvalue weighted by Gasteiger charge is 2.29. The predicted molar refractivity (Wildman–Crippen MR) is 96.0 cm³/mol. The first-order chi connectivity index (χ1) is 9.36. The van der Waals surface area contributed by atoms with Crippen LogP contribution in [0.4, 0.5) is 11.4 Å². The van der Waals surface area contributed by atoms with E-state index in [2.05, 4.69) is 46.4 Å². The molecule has 0 bridgehead atoms. The molecule has 0 aliphatic carbocycles. The maximum Gasteiger partial charge on any atom is 0.224 e. The third-order valence-electron chi connectivity index (χ3n) is 4.00. The molecule has 0 atom stereocenters. The topological polar surface area (TPSA) is 23.6 Å². The summed E-state index contributed by atoms with van der Waals surface area (Å²) in [5.74, 6) is 0. The number of nitrogens with zero attached hydrogens (tertiary/aromatic N) is 2. The maximum absolute atomic E-state index is 12.1. The lowest BCUT2D eigenvalue weighted by Gasteiger charge is -2.38. The quantitative estimate of drug-likeness (QED) is 0.762. The van der Waals surface area contributed by atoms with Gasteiger partial charge >= 0.3 is 0 Å². The van der Waals surface area contributed by atoms with Gasteiger partial charge in [-0.25, -0.2) is 0 Å². The fourth-order valence-corrected chi connectivity index (χ4v) is 2.68. The highest BCUT2D eigenvalue weighted by molar-refractivity contribution is 7.71. The summed E-state index contributed by atoms with van der Waals surface area (Å²) in [5, 5.41) is 0. The first kappa shape index (κ1) is 18.1. The molecule has 0 amide bonds. The first-order valence-corrected chi connectivity index (χ1v) is 8.05. The molecule has 1 rings (SSSR count). The molecule has 4 heteroatoms. The summed E-state index contributed by atoms with van der Waals surface area (Å²) in [5.41, 5.74) is 1.99. The molecule has 0 saturated carbocycles. The van der Waals surface area contributed by atoms with E-state index in [1.807, 2.05) is 19.0 Å². The number of rotatable bonds is 5. The van der Waals surface area contributed by atoms with E-state index in [0.717, 1.165) is 30.8 Å². The van der Waals surface area contributed by atoms with Gasteiger partial charge in [-0.3, -0.25) is 4.79 Å². The van der Waals surface area contributed by atoms with Gasteiger partial charge in [0.1, 0.15) is 10.2 Å². The molecular weight excluding hydrogens is 280 g/mol. The molecule has 0 spiro atoms. The molecule has 0 aliphatic rings. The SMILES string of the molecule is CN(CCCC(C)(C)C)c1c(N(C)C(C)(C)C)c(=O)c1=S. The fraction of sp³-hybridized carbons (Fsp3) is 0.765. The van der Waals surface area contributed by atoms with Gasteiger partial charge in [0.25, 0.3) is 0 Å². The monoisotopic (exact) mass is 310 g/mol. The second-order valence-electron chi connectivity index (χ2n) is 8.17. The minimum absolute atomic E-state index is 0.0140.